The molecule has 0 radical (unpaired) electrons. The van der Waals surface area contributed by atoms with E-state index in [0.29, 0.717) is 23.9 Å². The lowest BCUT2D eigenvalue weighted by atomic mass is 10.1. The summed E-state index contributed by atoms with van der Waals surface area (Å²) >= 11 is 0. The number of para-hydroxylation sites is 1. The van der Waals surface area contributed by atoms with Crippen LogP contribution in [0.3, 0.4) is 0 Å². The van der Waals surface area contributed by atoms with E-state index in [-0.39, 0.29) is 5.91 Å². The van der Waals surface area contributed by atoms with Crippen molar-refractivity contribution in [2.24, 2.45) is 0 Å². The van der Waals surface area contributed by atoms with Crippen molar-refractivity contribution in [3.8, 4) is 0 Å². The van der Waals surface area contributed by atoms with Crippen LogP contribution in [0.25, 0.3) is 0 Å². The maximum Gasteiger partial charge on any atom is 0.272 e. The first-order valence-electron chi connectivity index (χ1n) is 9.48. The van der Waals surface area contributed by atoms with Crippen LogP contribution in [-0.4, -0.2) is 27.8 Å². The van der Waals surface area contributed by atoms with E-state index in [1.54, 1.807) is 24.9 Å². The maximum absolute atomic E-state index is 12.9. The van der Waals surface area contributed by atoms with Crippen LogP contribution in [0, 0.1) is 13.8 Å². The number of anilines is 2. The zero-order valence-corrected chi connectivity index (χ0v) is 16.9. The van der Waals surface area contributed by atoms with Gasteiger partial charge in [0.2, 0.25) is 0 Å². The van der Waals surface area contributed by atoms with Gasteiger partial charge in [-0.25, -0.2) is 9.97 Å². The van der Waals surface area contributed by atoms with Crippen molar-refractivity contribution in [3.63, 3.8) is 0 Å². The molecule has 1 heterocycles. The van der Waals surface area contributed by atoms with Crippen LogP contribution in [0.5, 0.6) is 0 Å². The third kappa shape index (κ3) is 4.55. The summed E-state index contributed by atoms with van der Waals surface area (Å²) in [5, 5.41) is 3.39. The largest absolute Gasteiger partial charge is 0.340 e. The number of aryl methyl sites for hydroxylation is 3. The molecular formula is C23H26N4O. The Labute approximate surface area is 166 Å². The topological polar surface area (TPSA) is 58.1 Å². The summed E-state index contributed by atoms with van der Waals surface area (Å²) in [6.45, 7) is 6.52. The Balaban J connectivity index is 1.84. The van der Waals surface area contributed by atoms with E-state index < -0.39 is 0 Å². The summed E-state index contributed by atoms with van der Waals surface area (Å²) in [6.07, 6.45) is 0.916. The number of carbonyl (C=O) groups excluding carboxylic acids is 1. The van der Waals surface area contributed by atoms with E-state index in [4.69, 9.17) is 0 Å². The molecule has 5 heteroatoms. The molecule has 0 bridgehead atoms. The van der Waals surface area contributed by atoms with Crippen molar-refractivity contribution in [1.29, 1.82) is 0 Å². The number of benzene rings is 2. The molecule has 0 aliphatic carbocycles. The molecule has 28 heavy (non-hydrogen) atoms. The van der Waals surface area contributed by atoms with Crippen LogP contribution in [-0.2, 0) is 13.0 Å². The predicted molar refractivity (Wildman–Crippen MR) is 113 cm³/mol. The van der Waals surface area contributed by atoms with E-state index in [9.17, 15) is 4.79 Å². The second kappa shape index (κ2) is 8.65. The monoisotopic (exact) mass is 374 g/mol. The van der Waals surface area contributed by atoms with Crippen molar-refractivity contribution in [3.05, 3.63) is 82.8 Å². The molecule has 0 spiro atoms. The number of nitrogens with zero attached hydrogens (tertiary/aromatic N) is 3. The standard InChI is InChI=1S/C23H26N4O/c1-5-19-13-9-10-16(2)22(19)26-21-14-20(24-17(3)25-21)23(28)27(4)15-18-11-7-6-8-12-18/h6-14H,5,15H2,1-4H3,(H,24,25,26). The van der Waals surface area contributed by atoms with Gasteiger partial charge in [-0.05, 0) is 37.0 Å². The van der Waals surface area contributed by atoms with Crippen LogP contribution in [0.4, 0.5) is 11.5 Å². The predicted octanol–water partition coefficient (Wildman–Crippen LogP) is 4.67. The minimum atomic E-state index is -0.127. The number of nitrogens with one attached hydrogen (secondary N) is 1. The van der Waals surface area contributed by atoms with Crippen LogP contribution in [0.1, 0.15) is 39.9 Å². The number of rotatable bonds is 6. The van der Waals surface area contributed by atoms with Gasteiger partial charge in [-0.1, -0.05) is 55.5 Å². The fraction of sp³-hybridized carbons (Fsp3) is 0.261. The lowest BCUT2D eigenvalue weighted by Crippen LogP contribution is -2.27. The van der Waals surface area contributed by atoms with Crippen LogP contribution in [0.2, 0.25) is 0 Å². The first-order chi connectivity index (χ1) is 13.5. The van der Waals surface area contributed by atoms with Gasteiger partial charge in [-0.15, -0.1) is 0 Å². The molecule has 3 aromatic rings. The van der Waals surface area contributed by atoms with Gasteiger partial charge in [0.15, 0.2) is 0 Å². The third-order valence-electron chi connectivity index (χ3n) is 4.66. The highest BCUT2D eigenvalue weighted by atomic mass is 16.2. The molecular weight excluding hydrogens is 348 g/mol. The first-order valence-corrected chi connectivity index (χ1v) is 9.48. The van der Waals surface area contributed by atoms with Crippen molar-refractivity contribution < 1.29 is 4.79 Å². The van der Waals surface area contributed by atoms with Crippen molar-refractivity contribution in [1.82, 2.24) is 14.9 Å². The SMILES string of the molecule is CCc1cccc(C)c1Nc1cc(C(=O)N(C)Cc2ccccc2)nc(C)n1. The Kier molecular flexibility index (Phi) is 6.04. The van der Waals surface area contributed by atoms with E-state index in [0.717, 1.165) is 23.2 Å². The smallest absolute Gasteiger partial charge is 0.272 e. The molecule has 0 atom stereocenters. The number of carbonyl (C=O) groups is 1. The summed E-state index contributed by atoms with van der Waals surface area (Å²) in [6, 6.07) is 17.9. The molecule has 2 aromatic carbocycles. The van der Waals surface area contributed by atoms with Crippen LogP contribution >= 0.6 is 0 Å². The Hall–Kier alpha value is -3.21. The van der Waals surface area contributed by atoms with Crippen molar-refractivity contribution in [2.75, 3.05) is 12.4 Å². The molecule has 0 unspecified atom stereocenters. The van der Waals surface area contributed by atoms with E-state index in [1.165, 1.54) is 5.56 Å². The number of amides is 1. The lowest BCUT2D eigenvalue weighted by Gasteiger charge is -2.18. The fourth-order valence-electron chi connectivity index (χ4n) is 3.20. The van der Waals surface area contributed by atoms with Gasteiger partial charge >= 0.3 is 0 Å². The second-order valence-electron chi connectivity index (χ2n) is 6.92. The molecule has 0 saturated carbocycles. The normalized spacial score (nSPS) is 10.6. The summed E-state index contributed by atoms with van der Waals surface area (Å²) < 4.78 is 0. The van der Waals surface area contributed by atoms with Gasteiger partial charge in [-0.2, -0.15) is 0 Å². The minimum Gasteiger partial charge on any atom is -0.340 e. The molecule has 0 aliphatic heterocycles. The first kappa shape index (κ1) is 19.5. The maximum atomic E-state index is 12.9. The number of aromatic nitrogens is 2. The molecule has 1 amide bonds. The Morgan fingerprint density at radius 2 is 1.79 bits per heavy atom. The molecule has 0 saturated heterocycles. The highest BCUT2D eigenvalue weighted by Gasteiger charge is 2.16. The summed E-state index contributed by atoms with van der Waals surface area (Å²) in [4.78, 5) is 23.4. The van der Waals surface area contributed by atoms with E-state index in [1.807, 2.05) is 30.3 Å². The van der Waals surface area contributed by atoms with Gasteiger partial charge in [0.1, 0.15) is 17.3 Å². The van der Waals surface area contributed by atoms with Gasteiger partial charge in [0, 0.05) is 25.3 Å². The lowest BCUT2D eigenvalue weighted by molar-refractivity contribution is 0.0779. The highest BCUT2D eigenvalue weighted by molar-refractivity contribution is 5.93. The third-order valence-corrected chi connectivity index (χ3v) is 4.66. The van der Waals surface area contributed by atoms with E-state index in [2.05, 4.69) is 47.3 Å². The highest BCUT2D eigenvalue weighted by Crippen LogP contribution is 2.25. The number of hydrogen-bond donors (Lipinski definition) is 1. The Bertz CT molecular complexity index is 970. The average molecular weight is 374 g/mol. The zero-order valence-electron chi connectivity index (χ0n) is 16.9. The van der Waals surface area contributed by atoms with Gasteiger partial charge in [-0.3, -0.25) is 4.79 Å². The molecule has 1 N–H and O–H groups in total. The van der Waals surface area contributed by atoms with Gasteiger partial charge in [0.05, 0.1) is 0 Å². The summed E-state index contributed by atoms with van der Waals surface area (Å²) in [7, 11) is 1.79. The number of hydrogen-bond acceptors (Lipinski definition) is 4. The zero-order chi connectivity index (χ0) is 20.1. The van der Waals surface area contributed by atoms with Crippen LogP contribution in [0.15, 0.2) is 54.6 Å². The summed E-state index contributed by atoms with van der Waals surface area (Å²) in [5.41, 5.74) is 4.87. The minimum absolute atomic E-state index is 0.127. The fourth-order valence-corrected chi connectivity index (χ4v) is 3.20. The average Bonchev–Trinajstić information content (AvgIpc) is 2.69. The summed E-state index contributed by atoms with van der Waals surface area (Å²) in [5.74, 6) is 1.07. The second-order valence-corrected chi connectivity index (χ2v) is 6.92. The van der Waals surface area contributed by atoms with Gasteiger partial charge < -0.3 is 10.2 Å². The molecule has 0 aliphatic rings. The van der Waals surface area contributed by atoms with Gasteiger partial charge in [0.25, 0.3) is 5.91 Å². The molecule has 3 rings (SSSR count). The van der Waals surface area contributed by atoms with Crippen LogP contribution < -0.4 is 5.32 Å². The molecule has 5 nitrogen and oxygen atoms in total. The molecule has 0 fully saturated rings. The Morgan fingerprint density at radius 3 is 2.50 bits per heavy atom. The van der Waals surface area contributed by atoms with E-state index >= 15 is 0 Å². The quantitative estimate of drug-likeness (QED) is 0.681. The Morgan fingerprint density at radius 1 is 1.04 bits per heavy atom. The van der Waals surface area contributed by atoms with Crippen molar-refractivity contribution >= 4 is 17.4 Å². The van der Waals surface area contributed by atoms with Crippen molar-refractivity contribution in [2.45, 2.75) is 33.7 Å². The molecule has 144 valence electrons. The molecule has 1 aromatic heterocycles.